The van der Waals surface area contributed by atoms with Crippen molar-refractivity contribution in [3.63, 3.8) is 0 Å². The molecular formula is C24H33N3O4. The van der Waals surface area contributed by atoms with Gasteiger partial charge in [-0.1, -0.05) is 18.2 Å². The first kappa shape index (κ1) is 22.6. The van der Waals surface area contributed by atoms with E-state index in [1.807, 2.05) is 42.5 Å². The molecule has 0 bridgehead atoms. The maximum atomic E-state index is 6.12. The van der Waals surface area contributed by atoms with Gasteiger partial charge in [0.15, 0.2) is 17.5 Å². The van der Waals surface area contributed by atoms with Crippen LogP contribution in [0.25, 0.3) is 0 Å². The predicted octanol–water partition coefficient (Wildman–Crippen LogP) is 3.72. The van der Waals surface area contributed by atoms with Crippen LogP contribution in [0.5, 0.6) is 23.0 Å². The molecule has 31 heavy (non-hydrogen) atoms. The van der Waals surface area contributed by atoms with Crippen molar-refractivity contribution in [2.45, 2.75) is 32.4 Å². The summed E-state index contributed by atoms with van der Waals surface area (Å²) in [6, 6.07) is 13.8. The largest absolute Gasteiger partial charge is 0.496 e. The normalized spacial score (nSPS) is 14.8. The van der Waals surface area contributed by atoms with Crippen molar-refractivity contribution in [1.29, 1.82) is 0 Å². The third kappa shape index (κ3) is 5.96. The summed E-state index contributed by atoms with van der Waals surface area (Å²) in [4.78, 5) is 7.16. The molecule has 2 aromatic carbocycles. The first-order valence-corrected chi connectivity index (χ1v) is 10.7. The molecule has 0 radical (unpaired) electrons. The number of guanidine groups is 1. The first-order valence-electron chi connectivity index (χ1n) is 10.7. The molecule has 1 N–H and O–H groups in total. The molecule has 0 saturated carbocycles. The fourth-order valence-electron chi connectivity index (χ4n) is 3.68. The van der Waals surface area contributed by atoms with E-state index in [9.17, 15) is 0 Å². The molecule has 0 amide bonds. The molecule has 1 aliphatic rings. The Labute approximate surface area is 185 Å². The lowest BCUT2D eigenvalue weighted by molar-refractivity contribution is 0.129. The van der Waals surface area contributed by atoms with Crippen molar-refractivity contribution < 1.29 is 18.9 Å². The number of rotatable bonds is 8. The highest BCUT2D eigenvalue weighted by Crippen LogP contribution is 2.35. The first-order chi connectivity index (χ1) is 15.2. The number of likely N-dealkylation sites (tertiary alicyclic amines) is 1. The van der Waals surface area contributed by atoms with Crippen molar-refractivity contribution in [2.75, 3.05) is 41.0 Å². The Morgan fingerprint density at radius 2 is 1.61 bits per heavy atom. The molecule has 1 heterocycles. The highest BCUT2D eigenvalue weighted by atomic mass is 16.5. The maximum Gasteiger partial charge on any atom is 0.194 e. The molecule has 3 rings (SSSR count). The fourth-order valence-corrected chi connectivity index (χ4v) is 3.68. The van der Waals surface area contributed by atoms with E-state index in [1.165, 1.54) is 0 Å². The number of piperidine rings is 1. The monoisotopic (exact) mass is 427 g/mol. The van der Waals surface area contributed by atoms with Gasteiger partial charge in [-0.25, -0.2) is 4.99 Å². The third-order valence-corrected chi connectivity index (χ3v) is 5.31. The van der Waals surface area contributed by atoms with Crippen molar-refractivity contribution in [3.05, 3.63) is 48.0 Å². The summed E-state index contributed by atoms with van der Waals surface area (Å²) < 4.78 is 22.5. The van der Waals surface area contributed by atoms with Crippen LogP contribution in [0.3, 0.4) is 0 Å². The van der Waals surface area contributed by atoms with E-state index in [2.05, 4.69) is 17.1 Å². The highest BCUT2D eigenvalue weighted by molar-refractivity contribution is 5.80. The summed E-state index contributed by atoms with van der Waals surface area (Å²) in [5.41, 5.74) is 0.942. The lowest BCUT2D eigenvalue weighted by Crippen LogP contribution is -2.47. The topological polar surface area (TPSA) is 64.6 Å². The van der Waals surface area contributed by atoms with Gasteiger partial charge in [0.25, 0.3) is 0 Å². The maximum absolute atomic E-state index is 6.12. The van der Waals surface area contributed by atoms with E-state index in [1.54, 1.807) is 21.3 Å². The van der Waals surface area contributed by atoms with Crippen LogP contribution < -0.4 is 24.3 Å². The number of nitrogens with zero attached hydrogens (tertiary/aromatic N) is 2. The molecule has 168 valence electrons. The van der Waals surface area contributed by atoms with Gasteiger partial charge in [0.2, 0.25) is 0 Å². The number of methoxy groups -OCH3 is 3. The zero-order valence-electron chi connectivity index (χ0n) is 18.9. The van der Waals surface area contributed by atoms with E-state index in [0.29, 0.717) is 18.0 Å². The van der Waals surface area contributed by atoms with Gasteiger partial charge < -0.3 is 29.2 Å². The van der Waals surface area contributed by atoms with Crippen molar-refractivity contribution in [1.82, 2.24) is 10.2 Å². The van der Waals surface area contributed by atoms with Crippen LogP contribution in [0.4, 0.5) is 0 Å². The number of ether oxygens (including phenoxy) is 4. The van der Waals surface area contributed by atoms with E-state index < -0.39 is 0 Å². The summed E-state index contributed by atoms with van der Waals surface area (Å²) in [6.07, 6.45) is 2.14. The van der Waals surface area contributed by atoms with Crippen LogP contribution in [0.15, 0.2) is 47.5 Å². The molecule has 0 aromatic heterocycles. The van der Waals surface area contributed by atoms with Gasteiger partial charge in [0.05, 0.1) is 27.9 Å². The second kappa shape index (κ2) is 11.3. The third-order valence-electron chi connectivity index (χ3n) is 5.31. The lowest BCUT2D eigenvalue weighted by Gasteiger charge is -2.34. The smallest absolute Gasteiger partial charge is 0.194 e. The van der Waals surface area contributed by atoms with Gasteiger partial charge in [-0.3, -0.25) is 0 Å². The van der Waals surface area contributed by atoms with Crippen LogP contribution in [0.2, 0.25) is 0 Å². The Kier molecular flexibility index (Phi) is 8.27. The quantitative estimate of drug-likeness (QED) is 0.512. The molecule has 1 fully saturated rings. The molecule has 0 unspecified atom stereocenters. The molecule has 7 nitrogen and oxygen atoms in total. The molecule has 1 aliphatic heterocycles. The zero-order valence-corrected chi connectivity index (χ0v) is 18.9. The number of para-hydroxylation sites is 1. The van der Waals surface area contributed by atoms with Gasteiger partial charge >= 0.3 is 0 Å². The van der Waals surface area contributed by atoms with Crippen molar-refractivity contribution in [3.8, 4) is 23.0 Å². The number of hydrogen-bond acceptors (Lipinski definition) is 5. The van der Waals surface area contributed by atoms with Gasteiger partial charge in [-0.05, 0) is 25.1 Å². The summed E-state index contributed by atoms with van der Waals surface area (Å²) in [7, 11) is 4.89. The Morgan fingerprint density at radius 3 is 2.23 bits per heavy atom. The number of aliphatic imine (C=N–C) groups is 1. The average molecular weight is 428 g/mol. The van der Waals surface area contributed by atoms with Gasteiger partial charge in [0.1, 0.15) is 17.6 Å². The SMILES string of the molecule is CCNC(=NCc1cc(OC)c(OC)cc1OC)N1CCC(Oc2ccccc2)CC1. The van der Waals surface area contributed by atoms with Crippen LogP contribution in [0.1, 0.15) is 25.3 Å². The van der Waals surface area contributed by atoms with Crippen molar-refractivity contribution >= 4 is 5.96 Å². The molecule has 1 saturated heterocycles. The molecule has 0 atom stereocenters. The Hall–Kier alpha value is -3.09. The standard InChI is InChI=1S/C24H33N3O4/c1-5-25-24(26-17-18-15-22(29-3)23(30-4)16-21(18)28-2)27-13-11-20(12-14-27)31-19-9-7-6-8-10-19/h6-10,15-16,20H,5,11-14,17H2,1-4H3,(H,25,26). The van der Waals surface area contributed by atoms with Gasteiger partial charge in [-0.2, -0.15) is 0 Å². The van der Waals surface area contributed by atoms with Crippen LogP contribution >= 0.6 is 0 Å². The van der Waals surface area contributed by atoms with Gasteiger partial charge in [-0.15, -0.1) is 0 Å². The fraction of sp³-hybridized carbons (Fsp3) is 0.458. The molecule has 0 aliphatic carbocycles. The Bertz CT molecular complexity index is 849. The summed E-state index contributed by atoms with van der Waals surface area (Å²) >= 11 is 0. The van der Waals surface area contributed by atoms with Crippen LogP contribution in [-0.2, 0) is 6.54 Å². The Balaban J connectivity index is 1.67. The number of nitrogens with one attached hydrogen (secondary N) is 1. The number of benzene rings is 2. The zero-order chi connectivity index (χ0) is 22.1. The number of hydrogen-bond donors (Lipinski definition) is 1. The highest BCUT2D eigenvalue weighted by Gasteiger charge is 2.23. The second-order valence-corrected chi connectivity index (χ2v) is 7.31. The van der Waals surface area contributed by atoms with Crippen LogP contribution in [-0.4, -0.2) is 57.9 Å². The van der Waals surface area contributed by atoms with E-state index in [4.69, 9.17) is 23.9 Å². The lowest BCUT2D eigenvalue weighted by atomic mass is 10.1. The minimum Gasteiger partial charge on any atom is -0.496 e. The summed E-state index contributed by atoms with van der Waals surface area (Å²) in [5, 5.41) is 3.41. The van der Waals surface area contributed by atoms with Gasteiger partial charge in [0, 0.05) is 44.1 Å². The second-order valence-electron chi connectivity index (χ2n) is 7.31. The Morgan fingerprint density at radius 1 is 0.968 bits per heavy atom. The predicted molar refractivity (Wildman–Crippen MR) is 123 cm³/mol. The minimum atomic E-state index is 0.229. The van der Waals surface area contributed by atoms with E-state index in [-0.39, 0.29) is 6.10 Å². The average Bonchev–Trinajstić information content (AvgIpc) is 2.82. The molecule has 7 heteroatoms. The summed E-state index contributed by atoms with van der Waals surface area (Å²) in [6.45, 7) is 5.16. The molecular weight excluding hydrogens is 394 g/mol. The molecule has 2 aromatic rings. The minimum absolute atomic E-state index is 0.229. The molecule has 0 spiro atoms. The van der Waals surface area contributed by atoms with E-state index >= 15 is 0 Å². The van der Waals surface area contributed by atoms with Crippen molar-refractivity contribution in [2.24, 2.45) is 4.99 Å². The summed E-state index contributed by atoms with van der Waals surface area (Å²) in [5.74, 6) is 3.86. The van der Waals surface area contributed by atoms with Crippen LogP contribution in [0, 0.1) is 0 Å². The van der Waals surface area contributed by atoms with E-state index in [0.717, 1.165) is 55.5 Å².